The SMILES string of the molecule is CC1SCCC1Nc1ccc2[nH]ncc2c1. The van der Waals surface area contributed by atoms with Crippen LogP contribution in [-0.2, 0) is 0 Å². The molecule has 0 bridgehead atoms. The van der Waals surface area contributed by atoms with Crippen molar-refractivity contribution >= 4 is 28.4 Å². The normalized spacial score (nSPS) is 25.1. The second kappa shape index (κ2) is 4.01. The minimum Gasteiger partial charge on any atom is -0.381 e. The van der Waals surface area contributed by atoms with E-state index >= 15 is 0 Å². The van der Waals surface area contributed by atoms with Crippen LogP contribution in [0.4, 0.5) is 5.69 Å². The molecular weight excluding hydrogens is 218 g/mol. The summed E-state index contributed by atoms with van der Waals surface area (Å²) in [5.41, 5.74) is 2.30. The number of anilines is 1. The number of nitrogens with zero attached hydrogens (tertiary/aromatic N) is 1. The van der Waals surface area contributed by atoms with E-state index in [4.69, 9.17) is 0 Å². The summed E-state index contributed by atoms with van der Waals surface area (Å²) in [4.78, 5) is 0. The van der Waals surface area contributed by atoms with Crippen LogP contribution in [-0.4, -0.2) is 27.2 Å². The predicted molar refractivity (Wildman–Crippen MR) is 70.0 cm³/mol. The Labute approximate surface area is 99.0 Å². The smallest absolute Gasteiger partial charge is 0.0651 e. The molecule has 0 radical (unpaired) electrons. The number of fused-ring (bicyclic) bond motifs is 1. The fourth-order valence-electron chi connectivity index (χ4n) is 2.17. The molecule has 2 aromatic rings. The Balaban J connectivity index is 1.83. The maximum atomic E-state index is 4.03. The Hall–Kier alpha value is -1.16. The van der Waals surface area contributed by atoms with Crippen molar-refractivity contribution in [3.05, 3.63) is 24.4 Å². The predicted octanol–water partition coefficient (Wildman–Crippen LogP) is 2.87. The lowest BCUT2D eigenvalue weighted by atomic mass is 10.1. The van der Waals surface area contributed by atoms with Gasteiger partial charge in [0.2, 0.25) is 0 Å². The van der Waals surface area contributed by atoms with Crippen molar-refractivity contribution in [2.24, 2.45) is 0 Å². The molecule has 1 fully saturated rings. The standard InChI is InChI=1S/C12H15N3S/c1-8-11(4-5-16-8)14-10-2-3-12-9(6-10)7-13-15-12/h2-3,6-8,11,14H,4-5H2,1H3,(H,13,15). The highest BCUT2D eigenvalue weighted by molar-refractivity contribution is 8.00. The molecule has 1 saturated heterocycles. The number of benzene rings is 1. The van der Waals surface area contributed by atoms with Crippen LogP contribution in [0.25, 0.3) is 10.9 Å². The van der Waals surface area contributed by atoms with Crippen molar-refractivity contribution < 1.29 is 0 Å². The number of aromatic amines is 1. The van der Waals surface area contributed by atoms with Crippen LogP contribution in [0.15, 0.2) is 24.4 Å². The van der Waals surface area contributed by atoms with Gasteiger partial charge in [0.1, 0.15) is 0 Å². The van der Waals surface area contributed by atoms with Crippen molar-refractivity contribution in [1.29, 1.82) is 0 Å². The summed E-state index contributed by atoms with van der Waals surface area (Å²) in [6, 6.07) is 6.97. The first-order chi connectivity index (χ1) is 7.83. The topological polar surface area (TPSA) is 40.7 Å². The average molecular weight is 233 g/mol. The fourth-order valence-corrected chi connectivity index (χ4v) is 3.37. The zero-order valence-corrected chi connectivity index (χ0v) is 10.1. The Bertz CT molecular complexity index is 494. The van der Waals surface area contributed by atoms with Crippen molar-refractivity contribution in [3.63, 3.8) is 0 Å². The van der Waals surface area contributed by atoms with Crippen molar-refractivity contribution in [2.45, 2.75) is 24.6 Å². The van der Waals surface area contributed by atoms with Crippen LogP contribution in [0.1, 0.15) is 13.3 Å². The highest BCUT2D eigenvalue weighted by Crippen LogP contribution is 2.29. The van der Waals surface area contributed by atoms with Gasteiger partial charge in [0, 0.05) is 22.4 Å². The molecule has 3 nitrogen and oxygen atoms in total. The monoisotopic (exact) mass is 233 g/mol. The lowest BCUT2D eigenvalue weighted by molar-refractivity contribution is 0.724. The van der Waals surface area contributed by atoms with Crippen molar-refractivity contribution in [3.8, 4) is 0 Å². The molecule has 1 aliphatic heterocycles. The molecule has 0 saturated carbocycles. The summed E-state index contributed by atoms with van der Waals surface area (Å²) in [5, 5.41) is 12.5. The zero-order chi connectivity index (χ0) is 11.0. The van der Waals surface area contributed by atoms with E-state index in [2.05, 4.69) is 40.6 Å². The summed E-state index contributed by atoms with van der Waals surface area (Å²) in [6.07, 6.45) is 3.13. The number of rotatable bonds is 2. The van der Waals surface area contributed by atoms with E-state index in [1.54, 1.807) is 0 Å². The van der Waals surface area contributed by atoms with E-state index in [0.29, 0.717) is 11.3 Å². The average Bonchev–Trinajstić information content (AvgIpc) is 2.88. The Morgan fingerprint density at radius 1 is 1.50 bits per heavy atom. The molecule has 2 atom stereocenters. The first-order valence-corrected chi connectivity index (χ1v) is 6.69. The van der Waals surface area contributed by atoms with Gasteiger partial charge < -0.3 is 5.32 Å². The van der Waals surface area contributed by atoms with Crippen LogP contribution in [0.5, 0.6) is 0 Å². The van der Waals surface area contributed by atoms with Crippen LogP contribution < -0.4 is 5.32 Å². The van der Waals surface area contributed by atoms with Crippen LogP contribution in [0, 0.1) is 0 Å². The Morgan fingerprint density at radius 3 is 3.25 bits per heavy atom. The Kier molecular flexibility index (Phi) is 2.52. The summed E-state index contributed by atoms with van der Waals surface area (Å²) < 4.78 is 0. The van der Waals surface area contributed by atoms with E-state index < -0.39 is 0 Å². The molecule has 0 spiro atoms. The van der Waals surface area contributed by atoms with Gasteiger partial charge in [-0.1, -0.05) is 6.92 Å². The summed E-state index contributed by atoms with van der Waals surface area (Å²) in [7, 11) is 0. The number of H-pyrrole nitrogens is 1. The van der Waals surface area contributed by atoms with E-state index in [-0.39, 0.29) is 0 Å². The molecule has 2 N–H and O–H groups in total. The third-order valence-corrected chi connectivity index (χ3v) is 4.49. The van der Waals surface area contributed by atoms with E-state index in [9.17, 15) is 0 Å². The fraction of sp³-hybridized carbons (Fsp3) is 0.417. The van der Waals surface area contributed by atoms with Gasteiger partial charge in [-0.25, -0.2) is 0 Å². The molecule has 4 heteroatoms. The van der Waals surface area contributed by atoms with Crippen molar-refractivity contribution in [1.82, 2.24) is 10.2 Å². The van der Waals surface area contributed by atoms with E-state index in [1.807, 2.05) is 18.0 Å². The molecule has 3 rings (SSSR count). The van der Waals surface area contributed by atoms with Crippen LogP contribution in [0.3, 0.4) is 0 Å². The minimum atomic E-state index is 0.606. The number of nitrogens with one attached hydrogen (secondary N) is 2. The Morgan fingerprint density at radius 2 is 2.44 bits per heavy atom. The largest absolute Gasteiger partial charge is 0.381 e. The number of thioether (sulfide) groups is 1. The highest BCUT2D eigenvalue weighted by Gasteiger charge is 2.23. The summed E-state index contributed by atoms with van der Waals surface area (Å²) >= 11 is 2.05. The van der Waals surface area contributed by atoms with Gasteiger partial charge in [-0.3, -0.25) is 5.10 Å². The van der Waals surface area contributed by atoms with Gasteiger partial charge in [0.25, 0.3) is 0 Å². The van der Waals surface area contributed by atoms with Crippen LogP contribution >= 0.6 is 11.8 Å². The molecule has 0 amide bonds. The molecule has 2 heterocycles. The van der Waals surface area contributed by atoms with E-state index in [0.717, 1.165) is 5.52 Å². The van der Waals surface area contributed by atoms with Gasteiger partial charge in [-0.05, 0) is 30.4 Å². The number of hydrogen-bond acceptors (Lipinski definition) is 3. The molecule has 1 aliphatic rings. The van der Waals surface area contributed by atoms with Gasteiger partial charge >= 0.3 is 0 Å². The number of hydrogen-bond donors (Lipinski definition) is 2. The minimum absolute atomic E-state index is 0.606. The quantitative estimate of drug-likeness (QED) is 0.838. The van der Waals surface area contributed by atoms with Gasteiger partial charge in [-0.2, -0.15) is 16.9 Å². The highest BCUT2D eigenvalue weighted by atomic mass is 32.2. The molecular formula is C12H15N3S. The maximum Gasteiger partial charge on any atom is 0.0651 e. The second-order valence-electron chi connectivity index (χ2n) is 4.29. The lowest BCUT2D eigenvalue weighted by Crippen LogP contribution is -2.24. The van der Waals surface area contributed by atoms with E-state index in [1.165, 1.54) is 23.2 Å². The molecule has 2 unspecified atom stereocenters. The third kappa shape index (κ3) is 1.78. The van der Waals surface area contributed by atoms with Gasteiger partial charge in [0.15, 0.2) is 0 Å². The molecule has 16 heavy (non-hydrogen) atoms. The lowest BCUT2D eigenvalue weighted by Gasteiger charge is -2.17. The van der Waals surface area contributed by atoms with Gasteiger partial charge in [-0.15, -0.1) is 0 Å². The third-order valence-electron chi connectivity index (χ3n) is 3.17. The maximum absolute atomic E-state index is 4.03. The molecule has 1 aromatic heterocycles. The molecule has 0 aliphatic carbocycles. The first kappa shape index (κ1) is 10.0. The number of aromatic nitrogens is 2. The van der Waals surface area contributed by atoms with Gasteiger partial charge in [0.05, 0.1) is 11.7 Å². The molecule has 84 valence electrons. The molecule has 1 aromatic carbocycles. The summed E-state index contributed by atoms with van der Waals surface area (Å²) in [6.45, 7) is 2.30. The first-order valence-electron chi connectivity index (χ1n) is 5.64. The van der Waals surface area contributed by atoms with Crippen LogP contribution in [0.2, 0.25) is 0 Å². The summed E-state index contributed by atoms with van der Waals surface area (Å²) in [5.74, 6) is 1.27. The zero-order valence-electron chi connectivity index (χ0n) is 9.23. The van der Waals surface area contributed by atoms with Crippen molar-refractivity contribution in [2.75, 3.05) is 11.1 Å². The second-order valence-corrected chi connectivity index (χ2v) is 5.77.